The van der Waals surface area contributed by atoms with Crippen LogP contribution in [-0.2, 0) is 0 Å². The molecule has 0 bridgehead atoms. The molecule has 2 unspecified atom stereocenters. The molecule has 1 aliphatic heterocycles. The van der Waals surface area contributed by atoms with Crippen molar-refractivity contribution in [3.05, 3.63) is 0 Å². The molecule has 1 fully saturated rings. The lowest BCUT2D eigenvalue weighted by Crippen LogP contribution is -2.43. The summed E-state index contributed by atoms with van der Waals surface area (Å²) in [6.45, 7) is 13.0. The van der Waals surface area contributed by atoms with Crippen LogP contribution in [0.5, 0.6) is 0 Å². The zero-order valence-corrected chi connectivity index (χ0v) is 10.9. The fraction of sp³-hybridized carbons (Fsp3) is 1.00. The molecule has 1 N–H and O–H groups in total. The average molecular weight is 212 g/mol. The fourth-order valence-electron chi connectivity index (χ4n) is 2.78. The first kappa shape index (κ1) is 13.0. The zero-order valence-electron chi connectivity index (χ0n) is 10.9. The molecular weight excluding hydrogens is 184 g/mol. The second-order valence-electron chi connectivity index (χ2n) is 5.02. The van der Waals surface area contributed by atoms with Crippen LogP contribution in [0.2, 0.25) is 0 Å². The lowest BCUT2D eigenvalue weighted by molar-refractivity contribution is 0.148. The topological polar surface area (TPSA) is 15.3 Å². The summed E-state index contributed by atoms with van der Waals surface area (Å²) in [7, 11) is 0. The van der Waals surface area contributed by atoms with Crippen LogP contribution in [-0.4, -0.2) is 36.6 Å². The van der Waals surface area contributed by atoms with Gasteiger partial charge in [0.05, 0.1) is 0 Å². The van der Waals surface area contributed by atoms with Gasteiger partial charge < -0.3 is 5.32 Å². The molecule has 0 amide bonds. The predicted molar refractivity (Wildman–Crippen MR) is 67.2 cm³/mol. The van der Waals surface area contributed by atoms with Crippen molar-refractivity contribution in [1.82, 2.24) is 10.2 Å². The highest BCUT2D eigenvalue weighted by Gasteiger charge is 2.23. The maximum atomic E-state index is 3.56. The van der Waals surface area contributed by atoms with Crippen LogP contribution in [0, 0.1) is 5.92 Å². The summed E-state index contributed by atoms with van der Waals surface area (Å²) in [6, 6.07) is 1.41. The van der Waals surface area contributed by atoms with E-state index in [-0.39, 0.29) is 0 Å². The van der Waals surface area contributed by atoms with Gasteiger partial charge in [-0.1, -0.05) is 26.7 Å². The lowest BCUT2D eigenvalue weighted by Gasteiger charge is -2.34. The summed E-state index contributed by atoms with van der Waals surface area (Å²) >= 11 is 0. The molecule has 1 heterocycles. The van der Waals surface area contributed by atoms with Gasteiger partial charge in [-0.2, -0.15) is 0 Å². The summed E-state index contributed by atoms with van der Waals surface area (Å²) in [5, 5.41) is 3.56. The van der Waals surface area contributed by atoms with Crippen molar-refractivity contribution in [3.8, 4) is 0 Å². The minimum atomic E-state index is 0.657. The van der Waals surface area contributed by atoms with Gasteiger partial charge in [-0.3, -0.25) is 4.90 Å². The molecule has 2 heteroatoms. The van der Waals surface area contributed by atoms with Gasteiger partial charge in [0.1, 0.15) is 0 Å². The highest BCUT2D eigenvalue weighted by atomic mass is 15.2. The Morgan fingerprint density at radius 3 is 2.60 bits per heavy atom. The molecule has 0 radical (unpaired) electrons. The highest BCUT2D eigenvalue weighted by Crippen LogP contribution is 2.19. The van der Waals surface area contributed by atoms with Gasteiger partial charge in [0.2, 0.25) is 0 Å². The number of nitrogens with zero attached hydrogens (tertiary/aromatic N) is 1. The van der Waals surface area contributed by atoms with E-state index in [1.165, 1.54) is 38.9 Å². The van der Waals surface area contributed by atoms with Crippen LogP contribution >= 0.6 is 0 Å². The Hall–Kier alpha value is -0.0800. The van der Waals surface area contributed by atoms with Gasteiger partial charge in [-0.15, -0.1) is 0 Å². The summed E-state index contributed by atoms with van der Waals surface area (Å²) in [4.78, 5) is 2.68. The second-order valence-corrected chi connectivity index (χ2v) is 5.02. The zero-order chi connectivity index (χ0) is 11.3. The summed E-state index contributed by atoms with van der Waals surface area (Å²) in [6.07, 6.45) is 3.93. The SMILES string of the molecule is CCC(CC)C(C)N1CCCNC(C)C1. The minimum Gasteiger partial charge on any atom is -0.313 e. The maximum Gasteiger partial charge on any atom is 0.0166 e. The smallest absolute Gasteiger partial charge is 0.0166 e. The Balaban J connectivity index is 2.51. The molecule has 15 heavy (non-hydrogen) atoms. The number of hydrogen-bond donors (Lipinski definition) is 1. The summed E-state index contributed by atoms with van der Waals surface area (Å²) in [5.74, 6) is 0.871. The van der Waals surface area contributed by atoms with E-state index in [1.54, 1.807) is 0 Å². The predicted octanol–water partition coefficient (Wildman–Crippen LogP) is 2.49. The third-order valence-electron chi connectivity index (χ3n) is 3.93. The molecule has 90 valence electrons. The van der Waals surface area contributed by atoms with E-state index in [0.29, 0.717) is 6.04 Å². The van der Waals surface area contributed by atoms with Crippen LogP contribution < -0.4 is 5.32 Å². The van der Waals surface area contributed by atoms with Crippen LogP contribution in [0.1, 0.15) is 47.0 Å². The molecule has 1 saturated heterocycles. The third-order valence-corrected chi connectivity index (χ3v) is 3.93. The molecule has 2 nitrogen and oxygen atoms in total. The van der Waals surface area contributed by atoms with Crippen molar-refractivity contribution < 1.29 is 0 Å². The summed E-state index contributed by atoms with van der Waals surface area (Å²) < 4.78 is 0. The molecule has 0 aromatic rings. The van der Waals surface area contributed by atoms with Crippen molar-refractivity contribution in [2.75, 3.05) is 19.6 Å². The van der Waals surface area contributed by atoms with Crippen molar-refractivity contribution in [2.24, 2.45) is 5.92 Å². The first-order valence-corrected chi connectivity index (χ1v) is 6.66. The van der Waals surface area contributed by atoms with E-state index >= 15 is 0 Å². The van der Waals surface area contributed by atoms with E-state index in [0.717, 1.165) is 12.0 Å². The lowest BCUT2D eigenvalue weighted by atomic mass is 9.94. The van der Waals surface area contributed by atoms with Crippen molar-refractivity contribution in [1.29, 1.82) is 0 Å². The van der Waals surface area contributed by atoms with Gasteiger partial charge in [0.25, 0.3) is 0 Å². The third kappa shape index (κ3) is 3.76. The van der Waals surface area contributed by atoms with Crippen molar-refractivity contribution in [3.63, 3.8) is 0 Å². The van der Waals surface area contributed by atoms with Gasteiger partial charge in [0.15, 0.2) is 0 Å². The fourth-order valence-corrected chi connectivity index (χ4v) is 2.78. The molecule has 0 aliphatic carbocycles. The van der Waals surface area contributed by atoms with Gasteiger partial charge >= 0.3 is 0 Å². The standard InChI is InChI=1S/C13H28N2/c1-5-13(6-2)12(4)15-9-7-8-14-11(3)10-15/h11-14H,5-10H2,1-4H3. The number of rotatable bonds is 4. The quantitative estimate of drug-likeness (QED) is 0.770. The maximum absolute atomic E-state index is 3.56. The molecule has 0 aromatic carbocycles. The van der Waals surface area contributed by atoms with Crippen molar-refractivity contribution in [2.45, 2.75) is 59.0 Å². The number of nitrogens with one attached hydrogen (secondary N) is 1. The van der Waals surface area contributed by atoms with Crippen LogP contribution in [0.25, 0.3) is 0 Å². The average Bonchev–Trinajstić information content (AvgIpc) is 2.44. The molecule has 0 aromatic heterocycles. The van der Waals surface area contributed by atoms with E-state index in [9.17, 15) is 0 Å². The molecule has 1 rings (SSSR count). The van der Waals surface area contributed by atoms with Crippen molar-refractivity contribution >= 4 is 0 Å². The summed E-state index contributed by atoms with van der Waals surface area (Å²) in [5.41, 5.74) is 0. The van der Waals surface area contributed by atoms with E-state index in [4.69, 9.17) is 0 Å². The van der Waals surface area contributed by atoms with E-state index in [1.807, 2.05) is 0 Å². The Labute approximate surface area is 95.4 Å². The molecule has 2 atom stereocenters. The monoisotopic (exact) mass is 212 g/mol. The number of hydrogen-bond acceptors (Lipinski definition) is 2. The van der Waals surface area contributed by atoms with E-state index < -0.39 is 0 Å². The first-order valence-electron chi connectivity index (χ1n) is 6.66. The van der Waals surface area contributed by atoms with Crippen LogP contribution in [0.4, 0.5) is 0 Å². The van der Waals surface area contributed by atoms with Crippen LogP contribution in [0.15, 0.2) is 0 Å². The largest absolute Gasteiger partial charge is 0.313 e. The van der Waals surface area contributed by atoms with Crippen LogP contribution in [0.3, 0.4) is 0 Å². The Kier molecular flexibility index (Phi) is 5.62. The highest BCUT2D eigenvalue weighted by molar-refractivity contribution is 4.80. The van der Waals surface area contributed by atoms with Gasteiger partial charge in [-0.25, -0.2) is 0 Å². The minimum absolute atomic E-state index is 0.657. The molecule has 0 saturated carbocycles. The Morgan fingerprint density at radius 2 is 2.00 bits per heavy atom. The molecule has 0 spiro atoms. The van der Waals surface area contributed by atoms with Gasteiger partial charge in [0, 0.05) is 18.6 Å². The second kappa shape index (κ2) is 6.49. The Morgan fingerprint density at radius 1 is 1.33 bits per heavy atom. The normalized spacial score (nSPS) is 26.6. The van der Waals surface area contributed by atoms with E-state index in [2.05, 4.69) is 37.9 Å². The first-order chi connectivity index (χ1) is 7.19. The van der Waals surface area contributed by atoms with Gasteiger partial charge in [-0.05, 0) is 39.3 Å². The molecular formula is C13H28N2. The Bertz CT molecular complexity index is 166. The molecule has 1 aliphatic rings.